The number of hydrogen-bond acceptors (Lipinski definition) is 4. The molecule has 0 N–H and O–H groups in total. The minimum Gasteiger partial charge on any atom is -0.315 e. The summed E-state index contributed by atoms with van der Waals surface area (Å²) in [5.74, 6) is 0. The van der Waals surface area contributed by atoms with Crippen LogP contribution in [0.25, 0.3) is 27.8 Å². The third-order valence-corrected chi connectivity index (χ3v) is 5.34. The predicted octanol–water partition coefficient (Wildman–Crippen LogP) is 3.87. The van der Waals surface area contributed by atoms with Crippen molar-refractivity contribution in [3.63, 3.8) is 0 Å². The van der Waals surface area contributed by atoms with Gasteiger partial charge >= 0.3 is 0 Å². The lowest BCUT2D eigenvalue weighted by Crippen LogP contribution is -2.21. The van der Waals surface area contributed by atoms with Crippen LogP contribution in [0.15, 0.2) is 64.5 Å². The minimum atomic E-state index is 0.0372. The highest BCUT2D eigenvalue weighted by Gasteiger charge is 2.08. The number of pyridine rings is 1. The predicted molar refractivity (Wildman–Crippen MR) is 112 cm³/mol. The van der Waals surface area contributed by atoms with E-state index >= 15 is 0 Å². The number of rotatable bonds is 6. The highest BCUT2D eigenvalue weighted by molar-refractivity contribution is 7.08. The summed E-state index contributed by atoms with van der Waals surface area (Å²) in [4.78, 5) is 19.1. The molecule has 6 heteroatoms. The zero-order valence-corrected chi connectivity index (χ0v) is 16.3. The van der Waals surface area contributed by atoms with Gasteiger partial charge in [0.05, 0.1) is 16.7 Å². The lowest BCUT2D eigenvalue weighted by Gasteiger charge is -2.11. The molecule has 0 unspecified atom stereocenters. The van der Waals surface area contributed by atoms with Crippen LogP contribution in [0.5, 0.6) is 0 Å². The van der Waals surface area contributed by atoms with Gasteiger partial charge in [0, 0.05) is 24.2 Å². The standard InChI is InChI=1S/C21H22N4OS/c1-23(2)8-3-9-24-10-6-17(13-21(24)26)16-4-5-20-19(12-16)22-15-25(20)18-7-11-27-14-18/h4-7,10-15H,3,8-9H2,1-2H3. The van der Waals surface area contributed by atoms with E-state index < -0.39 is 0 Å². The maximum atomic E-state index is 12.4. The average molecular weight is 379 g/mol. The molecule has 5 nitrogen and oxygen atoms in total. The highest BCUT2D eigenvalue weighted by atomic mass is 32.1. The van der Waals surface area contributed by atoms with Gasteiger partial charge in [-0.3, -0.25) is 9.36 Å². The summed E-state index contributed by atoms with van der Waals surface area (Å²) in [7, 11) is 4.09. The van der Waals surface area contributed by atoms with Gasteiger partial charge in [0.2, 0.25) is 0 Å². The first-order valence-corrected chi connectivity index (χ1v) is 9.91. The molecule has 0 radical (unpaired) electrons. The highest BCUT2D eigenvalue weighted by Crippen LogP contribution is 2.25. The fourth-order valence-electron chi connectivity index (χ4n) is 3.22. The summed E-state index contributed by atoms with van der Waals surface area (Å²) in [6.45, 7) is 1.71. The van der Waals surface area contributed by atoms with Crippen molar-refractivity contribution in [3.05, 3.63) is 70.0 Å². The molecule has 4 aromatic rings. The second kappa shape index (κ2) is 7.50. The van der Waals surface area contributed by atoms with Gasteiger partial charge in [-0.25, -0.2) is 4.98 Å². The van der Waals surface area contributed by atoms with Crippen molar-refractivity contribution in [2.75, 3.05) is 20.6 Å². The van der Waals surface area contributed by atoms with Crippen molar-refractivity contribution in [2.24, 2.45) is 0 Å². The molecule has 0 aliphatic rings. The normalized spacial score (nSPS) is 11.5. The van der Waals surface area contributed by atoms with Crippen LogP contribution < -0.4 is 5.56 Å². The third kappa shape index (κ3) is 3.72. The van der Waals surface area contributed by atoms with Crippen molar-refractivity contribution in [1.82, 2.24) is 19.0 Å². The van der Waals surface area contributed by atoms with Gasteiger partial charge in [0.15, 0.2) is 0 Å². The molecule has 0 fully saturated rings. The second-order valence-electron chi connectivity index (χ2n) is 6.90. The third-order valence-electron chi connectivity index (χ3n) is 4.67. The van der Waals surface area contributed by atoms with Crippen molar-refractivity contribution < 1.29 is 0 Å². The first-order valence-electron chi connectivity index (χ1n) is 8.97. The number of thiophene rings is 1. The molecule has 0 spiro atoms. The number of aromatic nitrogens is 3. The maximum absolute atomic E-state index is 12.4. The quantitative estimate of drug-likeness (QED) is 0.512. The molecular weight excluding hydrogens is 356 g/mol. The Bertz CT molecular complexity index is 1110. The smallest absolute Gasteiger partial charge is 0.251 e. The average Bonchev–Trinajstić information content (AvgIpc) is 3.31. The molecule has 1 aromatic carbocycles. The van der Waals surface area contributed by atoms with Crippen LogP contribution in [0.1, 0.15) is 6.42 Å². The van der Waals surface area contributed by atoms with Crippen molar-refractivity contribution in [3.8, 4) is 16.8 Å². The number of fused-ring (bicyclic) bond motifs is 1. The fourth-order valence-corrected chi connectivity index (χ4v) is 3.85. The summed E-state index contributed by atoms with van der Waals surface area (Å²) in [6, 6.07) is 12.0. The molecule has 0 bridgehead atoms. The van der Waals surface area contributed by atoms with Crippen LogP contribution in [-0.2, 0) is 6.54 Å². The first kappa shape index (κ1) is 17.7. The Kier molecular flexibility index (Phi) is 4.92. The minimum absolute atomic E-state index is 0.0372. The van der Waals surface area contributed by atoms with Crippen molar-refractivity contribution >= 4 is 22.4 Å². The van der Waals surface area contributed by atoms with Crippen LogP contribution in [0.2, 0.25) is 0 Å². The monoisotopic (exact) mass is 378 g/mol. The molecule has 0 saturated carbocycles. The molecule has 27 heavy (non-hydrogen) atoms. The Balaban J connectivity index is 1.61. The van der Waals surface area contributed by atoms with E-state index in [1.807, 2.05) is 38.8 Å². The van der Waals surface area contributed by atoms with Gasteiger partial charge in [-0.05, 0) is 67.8 Å². The van der Waals surface area contributed by atoms with E-state index in [1.54, 1.807) is 22.0 Å². The summed E-state index contributed by atoms with van der Waals surface area (Å²) < 4.78 is 3.86. The molecule has 0 atom stereocenters. The van der Waals surface area contributed by atoms with Crippen LogP contribution >= 0.6 is 11.3 Å². The zero-order valence-electron chi connectivity index (χ0n) is 15.5. The Morgan fingerprint density at radius 2 is 1.96 bits per heavy atom. The topological polar surface area (TPSA) is 43.1 Å². The van der Waals surface area contributed by atoms with Gasteiger partial charge in [0.25, 0.3) is 5.56 Å². The van der Waals surface area contributed by atoms with Gasteiger partial charge in [-0.1, -0.05) is 6.07 Å². The Morgan fingerprint density at radius 3 is 2.70 bits per heavy atom. The van der Waals surface area contributed by atoms with Crippen LogP contribution in [0.4, 0.5) is 0 Å². The van der Waals surface area contributed by atoms with Crippen LogP contribution in [-0.4, -0.2) is 39.7 Å². The molecule has 0 saturated heterocycles. The summed E-state index contributed by atoms with van der Waals surface area (Å²) in [6.07, 6.45) is 4.69. The summed E-state index contributed by atoms with van der Waals surface area (Å²) >= 11 is 1.67. The number of aryl methyl sites for hydroxylation is 1. The van der Waals surface area contributed by atoms with E-state index in [0.29, 0.717) is 0 Å². The molecule has 4 rings (SSSR count). The zero-order chi connectivity index (χ0) is 18.8. The number of hydrogen-bond donors (Lipinski definition) is 0. The molecular formula is C21H22N4OS. The van der Waals surface area contributed by atoms with Gasteiger partial charge in [-0.2, -0.15) is 11.3 Å². The lowest BCUT2D eigenvalue weighted by atomic mass is 10.1. The van der Waals surface area contributed by atoms with Gasteiger partial charge < -0.3 is 9.47 Å². The number of imidazole rings is 1. The summed E-state index contributed by atoms with van der Waals surface area (Å²) in [5, 5.41) is 4.16. The Labute approximate surface area is 162 Å². The number of nitrogens with zero attached hydrogens (tertiary/aromatic N) is 4. The molecule has 0 amide bonds. The van der Waals surface area contributed by atoms with E-state index in [1.165, 1.54) is 0 Å². The molecule has 0 aliphatic heterocycles. The van der Waals surface area contributed by atoms with Gasteiger partial charge in [0.1, 0.15) is 6.33 Å². The Hall–Kier alpha value is -2.70. The first-order chi connectivity index (χ1) is 13.1. The second-order valence-corrected chi connectivity index (χ2v) is 7.68. The maximum Gasteiger partial charge on any atom is 0.251 e. The molecule has 0 aliphatic carbocycles. The van der Waals surface area contributed by atoms with Crippen LogP contribution in [0.3, 0.4) is 0 Å². The van der Waals surface area contributed by atoms with Gasteiger partial charge in [-0.15, -0.1) is 0 Å². The largest absolute Gasteiger partial charge is 0.315 e. The van der Waals surface area contributed by atoms with E-state index in [4.69, 9.17) is 0 Å². The van der Waals surface area contributed by atoms with Crippen molar-refractivity contribution in [1.29, 1.82) is 0 Å². The SMILES string of the molecule is CN(C)CCCn1ccc(-c2ccc3c(c2)ncn3-c2ccsc2)cc1=O. The molecule has 3 aromatic heterocycles. The lowest BCUT2D eigenvalue weighted by molar-refractivity contribution is 0.385. The molecule has 138 valence electrons. The van der Waals surface area contributed by atoms with Crippen molar-refractivity contribution in [2.45, 2.75) is 13.0 Å². The van der Waals surface area contributed by atoms with E-state index in [2.05, 4.69) is 43.4 Å². The van der Waals surface area contributed by atoms with E-state index in [9.17, 15) is 4.79 Å². The fraction of sp³-hybridized carbons (Fsp3) is 0.238. The van der Waals surface area contributed by atoms with E-state index in [0.717, 1.165) is 47.4 Å². The van der Waals surface area contributed by atoms with Crippen LogP contribution in [0, 0.1) is 0 Å². The number of benzene rings is 1. The molecule has 3 heterocycles. The Morgan fingerprint density at radius 1 is 1.11 bits per heavy atom. The summed E-state index contributed by atoms with van der Waals surface area (Å²) in [5.41, 5.74) is 5.08. The van der Waals surface area contributed by atoms with E-state index in [-0.39, 0.29) is 5.56 Å².